The second-order valence-electron chi connectivity index (χ2n) is 4.92. The topological polar surface area (TPSA) is 83.7 Å². The van der Waals surface area contributed by atoms with E-state index in [9.17, 15) is 14.7 Å². The van der Waals surface area contributed by atoms with Crippen LogP contribution >= 0.6 is 0 Å². The van der Waals surface area contributed by atoms with Crippen LogP contribution in [0.5, 0.6) is 5.75 Å². The molecular weight excluding hydrogens is 282 g/mol. The van der Waals surface area contributed by atoms with Crippen molar-refractivity contribution in [3.05, 3.63) is 64.1 Å². The molecule has 0 aliphatic rings. The standard InChI is InChI=1S/C16H17N3O3/c1-11-6-7-14(20)13(9-11)12(2)17-18-15(21)10-19-8-4-3-5-16(19)22/h3-9,20H,10H2,1-2H3,(H,18,21)/b17-12+. The highest BCUT2D eigenvalue weighted by Gasteiger charge is 2.07. The largest absolute Gasteiger partial charge is 0.507 e. The Hall–Kier alpha value is -2.89. The smallest absolute Gasteiger partial charge is 0.260 e. The molecule has 0 saturated carbocycles. The summed E-state index contributed by atoms with van der Waals surface area (Å²) in [5, 5.41) is 13.8. The average molecular weight is 299 g/mol. The molecule has 2 N–H and O–H groups in total. The second kappa shape index (κ2) is 6.71. The van der Waals surface area contributed by atoms with Crippen molar-refractivity contribution < 1.29 is 9.90 Å². The molecule has 0 radical (unpaired) electrons. The second-order valence-corrected chi connectivity index (χ2v) is 4.92. The van der Waals surface area contributed by atoms with E-state index in [2.05, 4.69) is 10.5 Å². The van der Waals surface area contributed by atoms with Crippen molar-refractivity contribution >= 4 is 11.6 Å². The average Bonchev–Trinajstić information content (AvgIpc) is 2.49. The highest BCUT2D eigenvalue weighted by molar-refractivity contribution is 6.01. The number of carbonyl (C=O) groups is 1. The highest BCUT2D eigenvalue weighted by Crippen LogP contribution is 2.18. The van der Waals surface area contributed by atoms with Crippen molar-refractivity contribution in [1.82, 2.24) is 9.99 Å². The molecular formula is C16H17N3O3. The summed E-state index contributed by atoms with van der Waals surface area (Å²) in [6.07, 6.45) is 1.53. The Labute approximate surface area is 127 Å². The minimum atomic E-state index is -0.417. The first-order valence-electron chi connectivity index (χ1n) is 6.76. The highest BCUT2D eigenvalue weighted by atomic mass is 16.3. The molecule has 1 aromatic carbocycles. The van der Waals surface area contributed by atoms with Crippen LogP contribution in [-0.4, -0.2) is 21.3 Å². The molecule has 2 rings (SSSR count). The summed E-state index contributed by atoms with van der Waals surface area (Å²) in [4.78, 5) is 23.3. The molecule has 0 aliphatic carbocycles. The van der Waals surface area contributed by atoms with Crippen LogP contribution in [0.4, 0.5) is 0 Å². The summed E-state index contributed by atoms with van der Waals surface area (Å²) in [5.41, 5.74) is 4.14. The number of amides is 1. The molecule has 0 aliphatic heterocycles. The van der Waals surface area contributed by atoms with E-state index in [1.54, 1.807) is 37.3 Å². The predicted octanol–water partition coefficient (Wildman–Crippen LogP) is 1.40. The maximum atomic E-state index is 11.8. The van der Waals surface area contributed by atoms with Crippen LogP contribution < -0.4 is 11.0 Å². The maximum absolute atomic E-state index is 11.8. The van der Waals surface area contributed by atoms with Gasteiger partial charge in [-0.15, -0.1) is 0 Å². The number of aromatic nitrogens is 1. The molecule has 0 unspecified atom stereocenters. The Balaban J connectivity index is 2.07. The molecule has 0 bridgehead atoms. The van der Waals surface area contributed by atoms with Gasteiger partial charge in [-0.3, -0.25) is 9.59 Å². The molecule has 6 nitrogen and oxygen atoms in total. The molecule has 0 atom stereocenters. The molecule has 1 aromatic heterocycles. The Kier molecular flexibility index (Phi) is 4.73. The number of phenolic OH excluding ortho intramolecular Hbond substituents is 1. The van der Waals surface area contributed by atoms with E-state index in [-0.39, 0.29) is 17.9 Å². The van der Waals surface area contributed by atoms with Gasteiger partial charge in [0.05, 0.1) is 5.71 Å². The molecule has 2 aromatic rings. The van der Waals surface area contributed by atoms with Crippen molar-refractivity contribution in [2.75, 3.05) is 0 Å². The third-order valence-electron chi connectivity index (χ3n) is 3.10. The molecule has 1 amide bonds. The number of hydrogen-bond donors (Lipinski definition) is 2. The molecule has 1 heterocycles. The van der Waals surface area contributed by atoms with Crippen molar-refractivity contribution in [2.24, 2.45) is 5.10 Å². The van der Waals surface area contributed by atoms with Gasteiger partial charge in [0.1, 0.15) is 12.3 Å². The fourth-order valence-electron chi connectivity index (χ4n) is 1.93. The maximum Gasteiger partial charge on any atom is 0.260 e. The zero-order chi connectivity index (χ0) is 16.1. The van der Waals surface area contributed by atoms with Crippen LogP contribution in [0.1, 0.15) is 18.1 Å². The lowest BCUT2D eigenvalue weighted by Gasteiger charge is -2.07. The number of phenols is 1. The third kappa shape index (κ3) is 3.82. The fourth-order valence-corrected chi connectivity index (χ4v) is 1.93. The van der Waals surface area contributed by atoms with Crippen LogP contribution in [-0.2, 0) is 11.3 Å². The van der Waals surface area contributed by atoms with Gasteiger partial charge in [-0.25, -0.2) is 5.43 Å². The van der Waals surface area contributed by atoms with E-state index in [1.807, 2.05) is 6.92 Å². The number of pyridine rings is 1. The Morgan fingerprint density at radius 2 is 2.09 bits per heavy atom. The van der Waals surface area contributed by atoms with Crippen molar-refractivity contribution in [1.29, 1.82) is 0 Å². The minimum absolute atomic E-state index is 0.0976. The van der Waals surface area contributed by atoms with Crippen LogP contribution in [0, 0.1) is 6.92 Å². The number of nitrogens with zero attached hydrogens (tertiary/aromatic N) is 2. The van der Waals surface area contributed by atoms with Crippen LogP contribution in [0.15, 0.2) is 52.5 Å². The third-order valence-corrected chi connectivity index (χ3v) is 3.10. The Morgan fingerprint density at radius 1 is 1.32 bits per heavy atom. The Bertz CT molecular complexity index is 778. The molecule has 6 heteroatoms. The summed E-state index contributed by atoms with van der Waals surface area (Å²) in [6.45, 7) is 3.47. The van der Waals surface area contributed by atoms with E-state index < -0.39 is 5.91 Å². The van der Waals surface area contributed by atoms with E-state index in [4.69, 9.17) is 0 Å². The van der Waals surface area contributed by atoms with Gasteiger partial charge >= 0.3 is 0 Å². The van der Waals surface area contributed by atoms with Crippen molar-refractivity contribution in [3.8, 4) is 5.75 Å². The fraction of sp³-hybridized carbons (Fsp3) is 0.188. The normalized spacial score (nSPS) is 11.3. The minimum Gasteiger partial charge on any atom is -0.507 e. The van der Waals surface area contributed by atoms with Gasteiger partial charge in [-0.05, 0) is 32.0 Å². The van der Waals surface area contributed by atoms with E-state index >= 15 is 0 Å². The number of benzene rings is 1. The Morgan fingerprint density at radius 3 is 2.82 bits per heavy atom. The summed E-state index contributed by atoms with van der Waals surface area (Å²) in [7, 11) is 0. The predicted molar refractivity (Wildman–Crippen MR) is 83.9 cm³/mol. The van der Waals surface area contributed by atoms with Gasteiger partial charge in [-0.1, -0.05) is 17.7 Å². The molecule has 22 heavy (non-hydrogen) atoms. The molecule has 0 fully saturated rings. The van der Waals surface area contributed by atoms with E-state index in [0.29, 0.717) is 11.3 Å². The number of nitrogens with one attached hydrogen (secondary N) is 1. The number of carbonyl (C=O) groups excluding carboxylic acids is 1. The summed E-state index contributed by atoms with van der Waals surface area (Å²) in [5.74, 6) is -0.319. The monoisotopic (exact) mass is 299 g/mol. The first-order chi connectivity index (χ1) is 10.5. The van der Waals surface area contributed by atoms with E-state index in [1.165, 1.54) is 16.8 Å². The summed E-state index contributed by atoms with van der Waals surface area (Å²) < 4.78 is 1.28. The zero-order valence-corrected chi connectivity index (χ0v) is 12.4. The SMILES string of the molecule is C/C(=N\NC(=O)Cn1ccccc1=O)c1cc(C)ccc1O. The molecule has 0 spiro atoms. The van der Waals surface area contributed by atoms with Gasteiger partial charge < -0.3 is 9.67 Å². The van der Waals surface area contributed by atoms with Gasteiger partial charge in [0.15, 0.2) is 0 Å². The lowest BCUT2D eigenvalue weighted by molar-refractivity contribution is -0.121. The molecule has 114 valence electrons. The summed E-state index contributed by atoms with van der Waals surface area (Å²) >= 11 is 0. The number of aryl methyl sites for hydroxylation is 1. The van der Waals surface area contributed by atoms with Gasteiger partial charge in [-0.2, -0.15) is 5.10 Å². The van der Waals surface area contributed by atoms with E-state index in [0.717, 1.165) is 5.56 Å². The quantitative estimate of drug-likeness (QED) is 0.661. The summed E-state index contributed by atoms with van der Waals surface area (Å²) in [6, 6.07) is 9.81. The zero-order valence-electron chi connectivity index (χ0n) is 12.4. The molecule has 0 saturated heterocycles. The van der Waals surface area contributed by atoms with Crippen LogP contribution in [0.3, 0.4) is 0 Å². The van der Waals surface area contributed by atoms with Crippen molar-refractivity contribution in [3.63, 3.8) is 0 Å². The van der Waals surface area contributed by atoms with Crippen molar-refractivity contribution in [2.45, 2.75) is 20.4 Å². The van der Waals surface area contributed by atoms with Gasteiger partial charge in [0.25, 0.3) is 11.5 Å². The number of aromatic hydroxyl groups is 1. The first kappa shape index (κ1) is 15.5. The number of hydrazone groups is 1. The number of rotatable bonds is 4. The first-order valence-corrected chi connectivity index (χ1v) is 6.76. The van der Waals surface area contributed by atoms with Gasteiger partial charge in [0.2, 0.25) is 0 Å². The number of hydrogen-bond acceptors (Lipinski definition) is 4. The van der Waals surface area contributed by atoms with Gasteiger partial charge in [0, 0.05) is 17.8 Å². The van der Waals surface area contributed by atoms with Crippen LogP contribution in [0.2, 0.25) is 0 Å². The lowest BCUT2D eigenvalue weighted by Crippen LogP contribution is -2.29. The lowest BCUT2D eigenvalue weighted by atomic mass is 10.1. The van der Waals surface area contributed by atoms with Crippen LogP contribution in [0.25, 0.3) is 0 Å².